The largest absolute Gasteiger partial charge is 0.490 e. The number of hydrogen-bond donors (Lipinski definition) is 1. The number of ether oxygens (including phenoxy) is 3. The highest BCUT2D eigenvalue weighted by molar-refractivity contribution is 5.69. The fourth-order valence-corrected chi connectivity index (χ4v) is 1.92. The van der Waals surface area contributed by atoms with Crippen molar-refractivity contribution >= 4 is 5.97 Å². The highest BCUT2D eigenvalue weighted by Crippen LogP contribution is 2.32. The van der Waals surface area contributed by atoms with Crippen LogP contribution in [0.3, 0.4) is 0 Å². The van der Waals surface area contributed by atoms with Gasteiger partial charge in [-0.2, -0.15) is 0 Å². The van der Waals surface area contributed by atoms with Crippen molar-refractivity contribution in [2.24, 2.45) is 5.73 Å². The number of methoxy groups -OCH3 is 1. The van der Waals surface area contributed by atoms with Gasteiger partial charge in [-0.15, -0.1) is 0 Å². The van der Waals surface area contributed by atoms with Crippen LogP contribution in [0.25, 0.3) is 0 Å². The Morgan fingerprint density at radius 3 is 2.67 bits per heavy atom. The molecule has 0 aliphatic carbocycles. The van der Waals surface area contributed by atoms with Crippen molar-refractivity contribution in [1.82, 2.24) is 0 Å². The Bertz CT molecular complexity index is 448. The molecule has 1 atom stereocenters. The molecule has 1 unspecified atom stereocenters. The predicted molar refractivity (Wildman–Crippen MR) is 81.7 cm³/mol. The molecule has 0 aliphatic rings. The summed E-state index contributed by atoms with van der Waals surface area (Å²) in [5.41, 5.74) is 7.03. The zero-order valence-electron chi connectivity index (χ0n) is 13.1. The summed E-state index contributed by atoms with van der Waals surface area (Å²) in [6.07, 6.45) is 1.81. The number of hydrogen-bond acceptors (Lipinski definition) is 5. The number of esters is 1. The summed E-state index contributed by atoms with van der Waals surface area (Å²) in [7, 11) is 1.36. The molecule has 5 heteroatoms. The Balaban J connectivity index is 2.85. The zero-order chi connectivity index (χ0) is 15.7. The van der Waals surface area contributed by atoms with Crippen LogP contribution in [0, 0.1) is 0 Å². The van der Waals surface area contributed by atoms with Gasteiger partial charge in [0.2, 0.25) is 0 Å². The van der Waals surface area contributed by atoms with Crippen LogP contribution in [0.2, 0.25) is 0 Å². The minimum Gasteiger partial charge on any atom is -0.490 e. The van der Waals surface area contributed by atoms with Crippen LogP contribution in [0.5, 0.6) is 11.5 Å². The van der Waals surface area contributed by atoms with Gasteiger partial charge in [0.15, 0.2) is 11.5 Å². The molecule has 0 heterocycles. The average Bonchev–Trinajstić information content (AvgIpc) is 2.49. The van der Waals surface area contributed by atoms with Gasteiger partial charge in [0, 0.05) is 6.04 Å². The molecule has 2 N–H and O–H groups in total. The quantitative estimate of drug-likeness (QED) is 0.708. The maximum Gasteiger partial charge on any atom is 0.308 e. The number of benzene rings is 1. The first-order valence-electron chi connectivity index (χ1n) is 7.32. The lowest BCUT2D eigenvalue weighted by molar-refractivity contribution is -0.141. The minimum absolute atomic E-state index is 0.0739. The Hall–Kier alpha value is -1.75. The molecule has 0 bridgehead atoms. The summed E-state index contributed by atoms with van der Waals surface area (Å²) in [5.74, 6) is 1.06. The number of carbonyl (C=O) groups is 1. The van der Waals surface area contributed by atoms with Crippen LogP contribution in [-0.4, -0.2) is 32.3 Å². The van der Waals surface area contributed by atoms with Crippen molar-refractivity contribution in [2.75, 3.05) is 20.3 Å². The Morgan fingerprint density at radius 2 is 2.05 bits per heavy atom. The average molecular weight is 295 g/mol. The maximum atomic E-state index is 11.2. The van der Waals surface area contributed by atoms with Gasteiger partial charge in [0.05, 0.1) is 26.7 Å². The van der Waals surface area contributed by atoms with Gasteiger partial charge in [-0.3, -0.25) is 4.79 Å². The first-order valence-corrected chi connectivity index (χ1v) is 7.32. The molecule has 0 aliphatic heterocycles. The van der Waals surface area contributed by atoms with Gasteiger partial charge in [0.25, 0.3) is 0 Å². The molecule has 1 aromatic carbocycles. The van der Waals surface area contributed by atoms with E-state index in [2.05, 4.69) is 11.7 Å². The highest BCUT2D eigenvalue weighted by Gasteiger charge is 2.14. The van der Waals surface area contributed by atoms with E-state index < -0.39 is 0 Å². The van der Waals surface area contributed by atoms with Crippen molar-refractivity contribution in [3.05, 3.63) is 23.8 Å². The molecule has 21 heavy (non-hydrogen) atoms. The summed E-state index contributed by atoms with van der Waals surface area (Å²) in [4.78, 5) is 11.2. The van der Waals surface area contributed by atoms with Gasteiger partial charge in [-0.1, -0.05) is 19.1 Å². The van der Waals surface area contributed by atoms with E-state index in [1.54, 1.807) is 0 Å². The van der Waals surface area contributed by atoms with Crippen LogP contribution in [-0.2, 0) is 16.0 Å². The topological polar surface area (TPSA) is 70.8 Å². The maximum absolute atomic E-state index is 11.2. The van der Waals surface area contributed by atoms with Gasteiger partial charge in [-0.05, 0) is 31.4 Å². The molecule has 5 nitrogen and oxygen atoms in total. The Labute approximate surface area is 126 Å². The second-order valence-corrected chi connectivity index (χ2v) is 4.72. The van der Waals surface area contributed by atoms with Crippen molar-refractivity contribution in [3.63, 3.8) is 0 Å². The molecule has 1 aromatic rings. The molecular weight excluding hydrogens is 270 g/mol. The number of rotatable bonds is 9. The van der Waals surface area contributed by atoms with Gasteiger partial charge in [-0.25, -0.2) is 0 Å². The fourth-order valence-electron chi connectivity index (χ4n) is 1.92. The first-order chi connectivity index (χ1) is 10.1. The van der Waals surface area contributed by atoms with Crippen LogP contribution >= 0.6 is 0 Å². The number of para-hydroxylation sites is 1. The standard InChI is InChI=1S/C16H25NO4/c1-4-13(17)11-12-7-6-8-14(20-5-2)16(12)21-10-9-15(18)19-3/h6-8,13H,4-5,9-11,17H2,1-3H3. The van der Waals surface area contributed by atoms with E-state index in [4.69, 9.17) is 15.2 Å². The lowest BCUT2D eigenvalue weighted by Gasteiger charge is -2.17. The van der Waals surface area contributed by atoms with Crippen molar-refractivity contribution in [3.8, 4) is 11.5 Å². The molecule has 0 spiro atoms. The molecule has 0 amide bonds. The Morgan fingerprint density at radius 1 is 1.29 bits per heavy atom. The minimum atomic E-state index is -0.296. The van der Waals surface area contributed by atoms with E-state index in [1.165, 1.54) is 7.11 Å². The lowest BCUT2D eigenvalue weighted by Crippen LogP contribution is -2.22. The van der Waals surface area contributed by atoms with Crippen molar-refractivity contribution in [1.29, 1.82) is 0 Å². The van der Waals surface area contributed by atoms with E-state index in [0.29, 0.717) is 24.5 Å². The van der Waals surface area contributed by atoms with E-state index >= 15 is 0 Å². The smallest absolute Gasteiger partial charge is 0.308 e. The molecule has 0 radical (unpaired) electrons. The summed E-state index contributed by atoms with van der Waals surface area (Å²) in [5, 5.41) is 0. The SMILES string of the molecule is CCOc1cccc(CC(N)CC)c1OCCC(=O)OC. The van der Waals surface area contributed by atoms with Crippen molar-refractivity contribution in [2.45, 2.75) is 39.2 Å². The summed E-state index contributed by atoms with van der Waals surface area (Å²) < 4.78 is 16.0. The fraction of sp³-hybridized carbons (Fsp3) is 0.562. The zero-order valence-corrected chi connectivity index (χ0v) is 13.1. The number of carbonyl (C=O) groups excluding carboxylic acids is 1. The summed E-state index contributed by atoms with van der Waals surface area (Å²) in [6, 6.07) is 5.84. The molecule has 0 saturated carbocycles. The second-order valence-electron chi connectivity index (χ2n) is 4.72. The van der Waals surface area contributed by atoms with Gasteiger partial charge < -0.3 is 19.9 Å². The van der Waals surface area contributed by atoms with Crippen LogP contribution < -0.4 is 15.2 Å². The normalized spacial score (nSPS) is 11.8. The monoisotopic (exact) mass is 295 g/mol. The Kier molecular flexibility index (Phi) is 7.61. The highest BCUT2D eigenvalue weighted by atomic mass is 16.5. The summed E-state index contributed by atoms with van der Waals surface area (Å²) >= 11 is 0. The van der Waals surface area contributed by atoms with Crippen LogP contribution in [0.1, 0.15) is 32.3 Å². The summed E-state index contributed by atoms with van der Waals surface area (Å²) in [6.45, 7) is 4.78. The third-order valence-corrected chi connectivity index (χ3v) is 3.15. The van der Waals surface area contributed by atoms with Gasteiger partial charge >= 0.3 is 5.97 Å². The van der Waals surface area contributed by atoms with E-state index in [1.807, 2.05) is 25.1 Å². The number of nitrogens with two attached hydrogens (primary N) is 1. The van der Waals surface area contributed by atoms with E-state index in [9.17, 15) is 4.79 Å². The van der Waals surface area contributed by atoms with E-state index in [0.717, 1.165) is 12.0 Å². The second kappa shape index (κ2) is 9.23. The van der Waals surface area contributed by atoms with Crippen LogP contribution in [0.15, 0.2) is 18.2 Å². The van der Waals surface area contributed by atoms with Crippen LogP contribution in [0.4, 0.5) is 0 Å². The van der Waals surface area contributed by atoms with E-state index in [-0.39, 0.29) is 25.0 Å². The molecule has 0 aromatic heterocycles. The van der Waals surface area contributed by atoms with Gasteiger partial charge in [0.1, 0.15) is 0 Å². The molecular formula is C16H25NO4. The third-order valence-electron chi connectivity index (χ3n) is 3.15. The molecule has 118 valence electrons. The van der Waals surface area contributed by atoms with Crippen molar-refractivity contribution < 1.29 is 19.0 Å². The molecule has 0 fully saturated rings. The molecule has 1 rings (SSSR count). The molecule has 0 saturated heterocycles. The lowest BCUT2D eigenvalue weighted by atomic mass is 10.0. The third kappa shape index (κ3) is 5.63. The predicted octanol–water partition coefficient (Wildman–Crippen LogP) is 2.31. The first kappa shape index (κ1) is 17.3.